The van der Waals surface area contributed by atoms with Crippen LogP contribution in [0, 0.1) is 0 Å². The average Bonchev–Trinajstić information content (AvgIpc) is 3.57. The summed E-state index contributed by atoms with van der Waals surface area (Å²) in [6.07, 6.45) is 4.56. The lowest BCUT2D eigenvalue weighted by atomic mass is 10.1. The first-order chi connectivity index (χ1) is 17.5. The molecular weight excluding hydrogens is 574 g/mol. The van der Waals surface area contributed by atoms with E-state index >= 15 is 0 Å². The number of amides is 2. The number of rotatable bonds is 8. The molecule has 4 aromatic rings. The second-order valence-electron chi connectivity index (χ2n) is 8.30. The summed E-state index contributed by atoms with van der Waals surface area (Å²) >= 11 is 12.0. The number of carbonyl (C=O) groups excluding carboxylic acids is 2. The minimum absolute atomic E-state index is 0.0676. The minimum atomic E-state index is -0.0782. The van der Waals surface area contributed by atoms with Crippen molar-refractivity contribution >= 4 is 84.4 Å². The predicted molar refractivity (Wildman–Crippen MR) is 156 cm³/mol. The van der Waals surface area contributed by atoms with Gasteiger partial charge in [-0.05, 0) is 47.7 Å². The highest BCUT2D eigenvalue weighted by Gasteiger charge is 2.32. The molecule has 5 nitrogen and oxygen atoms in total. The molecule has 1 fully saturated rings. The second-order valence-corrected chi connectivity index (χ2v) is 11.9. The highest BCUT2D eigenvalue weighted by molar-refractivity contribution is 9.10. The van der Waals surface area contributed by atoms with Gasteiger partial charge in [0, 0.05) is 38.6 Å². The molecule has 0 radical (unpaired) electrons. The second kappa shape index (κ2) is 11.1. The van der Waals surface area contributed by atoms with Crippen molar-refractivity contribution in [2.75, 3.05) is 6.54 Å². The van der Waals surface area contributed by atoms with Crippen molar-refractivity contribution in [3.8, 4) is 0 Å². The number of thiophene rings is 1. The molecule has 3 heterocycles. The van der Waals surface area contributed by atoms with Gasteiger partial charge in [-0.15, -0.1) is 11.3 Å². The van der Waals surface area contributed by atoms with Crippen LogP contribution in [0.5, 0.6) is 0 Å². The monoisotopic (exact) mass is 595 g/mol. The summed E-state index contributed by atoms with van der Waals surface area (Å²) < 4.78 is 3.42. The molecule has 2 aromatic heterocycles. The Kier molecular flexibility index (Phi) is 7.71. The Hall–Kier alpha value is -2.72. The smallest absolute Gasteiger partial charge is 0.266 e. The highest BCUT2D eigenvalue weighted by Crippen LogP contribution is 2.35. The lowest BCUT2D eigenvalue weighted by molar-refractivity contribution is -0.122. The van der Waals surface area contributed by atoms with Crippen molar-refractivity contribution in [3.63, 3.8) is 0 Å². The minimum Gasteiger partial charge on any atom is -0.350 e. The van der Waals surface area contributed by atoms with Gasteiger partial charge in [0.25, 0.3) is 5.91 Å². The van der Waals surface area contributed by atoms with Crippen LogP contribution in [0.15, 0.2) is 81.6 Å². The zero-order chi connectivity index (χ0) is 25.1. The summed E-state index contributed by atoms with van der Waals surface area (Å²) in [5.41, 5.74) is 2.97. The number of benzene rings is 2. The molecule has 9 heteroatoms. The summed E-state index contributed by atoms with van der Waals surface area (Å²) in [6, 6.07) is 20.0. The average molecular weight is 597 g/mol. The molecule has 0 aliphatic carbocycles. The van der Waals surface area contributed by atoms with E-state index in [-0.39, 0.29) is 18.4 Å². The number of thioether (sulfide) groups is 1. The van der Waals surface area contributed by atoms with Crippen LogP contribution in [0.25, 0.3) is 17.0 Å². The summed E-state index contributed by atoms with van der Waals surface area (Å²) in [6.45, 7) is 1.25. The number of hydrogen-bond acceptors (Lipinski definition) is 5. The summed E-state index contributed by atoms with van der Waals surface area (Å²) in [7, 11) is 0. The van der Waals surface area contributed by atoms with Crippen LogP contribution in [-0.4, -0.2) is 32.1 Å². The van der Waals surface area contributed by atoms with Crippen LogP contribution < -0.4 is 5.32 Å². The fourth-order valence-corrected chi connectivity index (χ4v) is 6.38. The van der Waals surface area contributed by atoms with Crippen LogP contribution in [0.2, 0.25) is 0 Å². The van der Waals surface area contributed by atoms with E-state index in [1.807, 2.05) is 70.8 Å². The first kappa shape index (κ1) is 25.0. The van der Waals surface area contributed by atoms with Gasteiger partial charge in [0.05, 0.1) is 11.4 Å². The summed E-state index contributed by atoms with van der Waals surface area (Å²) in [5, 5.41) is 5.94. The molecule has 2 amide bonds. The Labute approximate surface area is 231 Å². The molecule has 2 aromatic carbocycles. The Balaban J connectivity index is 1.36. The third kappa shape index (κ3) is 5.64. The lowest BCUT2D eigenvalue weighted by Gasteiger charge is -2.14. The number of nitrogens with one attached hydrogen (secondary N) is 1. The largest absolute Gasteiger partial charge is 0.350 e. The molecule has 1 saturated heterocycles. The highest BCUT2D eigenvalue weighted by atomic mass is 79.9. The molecule has 1 aliphatic rings. The van der Waals surface area contributed by atoms with Crippen LogP contribution in [0.4, 0.5) is 0 Å². The number of fused-ring (bicyclic) bond motifs is 1. The maximum atomic E-state index is 13.2. The van der Waals surface area contributed by atoms with Crippen molar-refractivity contribution < 1.29 is 9.59 Å². The quantitative estimate of drug-likeness (QED) is 0.194. The van der Waals surface area contributed by atoms with Gasteiger partial charge in [-0.3, -0.25) is 14.5 Å². The van der Waals surface area contributed by atoms with Crippen molar-refractivity contribution in [2.45, 2.75) is 19.5 Å². The van der Waals surface area contributed by atoms with Gasteiger partial charge in [-0.1, -0.05) is 76.3 Å². The summed E-state index contributed by atoms with van der Waals surface area (Å²) in [5.74, 6) is -0.146. The fourth-order valence-electron chi connectivity index (χ4n) is 4.07. The molecule has 0 atom stereocenters. The van der Waals surface area contributed by atoms with Crippen LogP contribution in [-0.2, 0) is 29.1 Å². The molecule has 5 rings (SSSR count). The first-order valence-electron chi connectivity index (χ1n) is 11.3. The van der Waals surface area contributed by atoms with Crippen molar-refractivity contribution in [1.29, 1.82) is 0 Å². The van der Waals surface area contributed by atoms with Gasteiger partial charge in [-0.25, -0.2) is 0 Å². The van der Waals surface area contributed by atoms with Gasteiger partial charge in [0.2, 0.25) is 5.91 Å². The number of nitrogens with zero attached hydrogens (tertiary/aromatic N) is 2. The number of hydrogen-bond donors (Lipinski definition) is 1. The Morgan fingerprint density at radius 1 is 1.11 bits per heavy atom. The zero-order valence-corrected chi connectivity index (χ0v) is 23.2. The van der Waals surface area contributed by atoms with Crippen molar-refractivity contribution in [2.24, 2.45) is 0 Å². The molecule has 1 N–H and O–H groups in total. The lowest BCUT2D eigenvalue weighted by Crippen LogP contribution is -2.30. The van der Waals surface area contributed by atoms with E-state index in [2.05, 4.69) is 33.4 Å². The molecule has 182 valence electrons. The van der Waals surface area contributed by atoms with Crippen molar-refractivity contribution in [3.05, 3.63) is 97.6 Å². The molecule has 1 aliphatic heterocycles. The number of aromatic nitrogens is 1. The molecular formula is C27H22BrN3O2S3. The van der Waals surface area contributed by atoms with E-state index < -0.39 is 0 Å². The molecule has 0 saturated carbocycles. The normalized spacial score (nSPS) is 14.8. The van der Waals surface area contributed by atoms with Crippen molar-refractivity contribution in [1.82, 2.24) is 14.8 Å². The van der Waals surface area contributed by atoms with E-state index in [1.54, 1.807) is 16.2 Å². The van der Waals surface area contributed by atoms with E-state index in [0.717, 1.165) is 32.2 Å². The standard InChI is InChI=1S/C27H22BrN3O2S3/c28-20-8-9-23-22(14-20)19(16-30(23)17-25(32)29-15-21-7-4-12-35-21)13-24-26(33)31(27(34)36-24)11-10-18-5-2-1-3-6-18/h1-9,12-14,16H,10-11,15,17H2,(H,29,32)/b24-13-. The SMILES string of the molecule is O=C(Cn1cc(/C=C2\SC(=S)N(CCc3ccccc3)C2=O)c2cc(Br)ccc21)NCc1cccs1. The number of halogens is 1. The number of carbonyl (C=O) groups is 2. The van der Waals surface area contributed by atoms with E-state index in [0.29, 0.717) is 22.3 Å². The maximum Gasteiger partial charge on any atom is 0.266 e. The third-order valence-electron chi connectivity index (χ3n) is 5.85. The Bertz CT molecular complexity index is 1460. The predicted octanol–water partition coefficient (Wildman–Crippen LogP) is 6.23. The Morgan fingerprint density at radius 2 is 1.94 bits per heavy atom. The van der Waals surface area contributed by atoms with Crippen LogP contribution >= 0.6 is 51.2 Å². The van der Waals surface area contributed by atoms with Gasteiger partial charge in [-0.2, -0.15) is 0 Å². The number of thiocarbonyl (C=S) groups is 1. The van der Waals surface area contributed by atoms with Gasteiger partial charge < -0.3 is 9.88 Å². The van der Waals surface area contributed by atoms with E-state index in [4.69, 9.17) is 12.2 Å². The van der Waals surface area contributed by atoms with Gasteiger partial charge >= 0.3 is 0 Å². The molecule has 0 unspecified atom stereocenters. The van der Waals surface area contributed by atoms with E-state index in [1.165, 1.54) is 17.3 Å². The molecule has 0 spiro atoms. The van der Waals surface area contributed by atoms with E-state index in [9.17, 15) is 9.59 Å². The summed E-state index contributed by atoms with van der Waals surface area (Å²) in [4.78, 5) is 29.2. The van der Waals surface area contributed by atoms with Gasteiger partial charge in [0.1, 0.15) is 10.9 Å². The zero-order valence-electron chi connectivity index (χ0n) is 19.1. The molecule has 0 bridgehead atoms. The third-order valence-corrected chi connectivity index (χ3v) is 8.60. The van der Waals surface area contributed by atoms with Crippen LogP contribution in [0.3, 0.4) is 0 Å². The Morgan fingerprint density at radius 3 is 2.72 bits per heavy atom. The van der Waals surface area contributed by atoms with Crippen LogP contribution in [0.1, 0.15) is 16.0 Å². The topological polar surface area (TPSA) is 54.3 Å². The fraction of sp³-hybridized carbons (Fsp3) is 0.148. The van der Waals surface area contributed by atoms with Gasteiger partial charge in [0.15, 0.2) is 0 Å². The first-order valence-corrected chi connectivity index (χ1v) is 14.2. The maximum absolute atomic E-state index is 13.2. The molecule has 36 heavy (non-hydrogen) atoms.